The standard InChI is InChI=1S/C16H15N3O3S3/c1-11(20)18-13-6-4-12(5-7-13)14-10-24-15(19-14)9-17-25(21,22)16-3-2-8-23-16/h2-8,10,17H,9H2,1H3,(H,18,20). The van der Waals surface area contributed by atoms with Crippen LogP contribution in [-0.2, 0) is 21.4 Å². The van der Waals surface area contributed by atoms with Crippen molar-refractivity contribution in [2.24, 2.45) is 0 Å². The second-order valence-electron chi connectivity index (χ2n) is 5.14. The van der Waals surface area contributed by atoms with E-state index in [1.165, 1.54) is 29.6 Å². The normalized spacial score (nSPS) is 11.4. The molecule has 2 aromatic heterocycles. The summed E-state index contributed by atoms with van der Waals surface area (Å²) in [5, 5.41) is 6.99. The number of amides is 1. The van der Waals surface area contributed by atoms with Crippen molar-refractivity contribution in [3.63, 3.8) is 0 Å². The number of nitrogens with zero attached hydrogens (tertiary/aromatic N) is 1. The van der Waals surface area contributed by atoms with E-state index in [1.807, 2.05) is 17.5 Å². The monoisotopic (exact) mass is 393 g/mol. The van der Waals surface area contributed by atoms with Gasteiger partial charge in [-0.2, -0.15) is 0 Å². The maximum Gasteiger partial charge on any atom is 0.250 e. The van der Waals surface area contributed by atoms with Crippen molar-refractivity contribution in [1.82, 2.24) is 9.71 Å². The van der Waals surface area contributed by atoms with Crippen LogP contribution in [0.5, 0.6) is 0 Å². The lowest BCUT2D eigenvalue weighted by Gasteiger charge is -2.03. The SMILES string of the molecule is CC(=O)Nc1ccc(-c2csc(CNS(=O)(=O)c3cccs3)n2)cc1. The number of carbonyl (C=O) groups excluding carboxylic acids is 1. The minimum atomic E-state index is -3.49. The summed E-state index contributed by atoms with van der Waals surface area (Å²) in [6.07, 6.45) is 0. The molecule has 1 aromatic carbocycles. The van der Waals surface area contributed by atoms with Crippen LogP contribution in [0.1, 0.15) is 11.9 Å². The van der Waals surface area contributed by atoms with Gasteiger partial charge in [0.25, 0.3) is 0 Å². The zero-order chi connectivity index (χ0) is 17.9. The number of sulfonamides is 1. The summed E-state index contributed by atoms with van der Waals surface area (Å²) >= 11 is 2.57. The number of hydrogen-bond donors (Lipinski definition) is 2. The molecule has 2 heterocycles. The maximum atomic E-state index is 12.1. The van der Waals surface area contributed by atoms with E-state index >= 15 is 0 Å². The molecular weight excluding hydrogens is 378 g/mol. The lowest BCUT2D eigenvalue weighted by molar-refractivity contribution is -0.114. The maximum absolute atomic E-state index is 12.1. The van der Waals surface area contributed by atoms with Crippen molar-refractivity contribution in [3.8, 4) is 11.3 Å². The fourth-order valence-corrected chi connectivity index (χ4v) is 4.96. The molecule has 0 fully saturated rings. The Kier molecular flexibility index (Phi) is 5.28. The molecule has 3 aromatic rings. The number of nitrogens with one attached hydrogen (secondary N) is 2. The molecule has 0 saturated heterocycles. The Morgan fingerprint density at radius 3 is 2.56 bits per heavy atom. The van der Waals surface area contributed by atoms with E-state index in [9.17, 15) is 13.2 Å². The lowest BCUT2D eigenvalue weighted by atomic mass is 10.1. The van der Waals surface area contributed by atoms with Crippen LogP contribution >= 0.6 is 22.7 Å². The number of aromatic nitrogens is 1. The fraction of sp³-hybridized carbons (Fsp3) is 0.125. The molecule has 0 aliphatic carbocycles. The van der Waals surface area contributed by atoms with Crippen LogP contribution in [0.2, 0.25) is 0 Å². The van der Waals surface area contributed by atoms with Crippen molar-refractivity contribution in [3.05, 3.63) is 52.2 Å². The van der Waals surface area contributed by atoms with E-state index in [1.54, 1.807) is 29.6 Å². The van der Waals surface area contributed by atoms with Crippen LogP contribution in [0.3, 0.4) is 0 Å². The van der Waals surface area contributed by atoms with E-state index in [0.717, 1.165) is 16.9 Å². The molecule has 1 amide bonds. The summed E-state index contributed by atoms with van der Waals surface area (Å²) < 4.78 is 27.1. The Balaban J connectivity index is 1.67. The smallest absolute Gasteiger partial charge is 0.250 e. The first-order valence-corrected chi connectivity index (χ1v) is 10.5. The second kappa shape index (κ2) is 7.44. The topological polar surface area (TPSA) is 88.2 Å². The van der Waals surface area contributed by atoms with Gasteiger partial charge in [-0.05, 0) is 23.6 Å². The summed E-state index contributed by atoms with van der Waals surface area (Å²) in [6.45, 7) is 1.60. The van der Waals surface area contributed by atoms with E-state index < -0.39 is 10.0 Å². The molecule has 6 nitrogen and oxygen atoms in total. The summed E-state index contributed by atoms with van der Waals surface area (Å²) in [7, 11) is -3.49. The number of carbonyl (C=O) groups is 1. The Bertz CT molecular complexity index is 962. The van der Waals surface area contributed by atoms with Gasteiger partial charge in [0.2, 0.25) is 15.9 Å². The lowest BCUT2D eigenvalue weighted by Crippen LogP contribution is -2.22. The number of anilines is 1. The van der Waals surface area contributed by atoms with Gasteiger partial charge in [0.1, 0.15) is 9.22 Å². The first-order valence-electron chi connectivity index (χ1n) is 7.30. The van der Waals surface area contributed by atoms with E-state index in [0.29, 0.717) is 5.01 Å². The average molecular weight is 394 g/mol. The van der Waals surface area contributed by atoms with Crippen LogP contribution in [0.15, 0.2) is 51.4 Å². The Labute approximate surface area is 153 Å². The van der Waals surface area contributed by atoms with Crippen molar-refractivity contribution in [1.29, 1.82) is 0 Å². The van der Waals surface area contributed by atoms with Crippen LogP contribution in [-0.4, -0.2) is 19.3 Å². The highest BCUT2D eigenvalue weighted by molar-refractivity contribution is 7.91. The van der Waals surface area contributed by atoms with Crippen molar-refractivity contribution in [2.45, 2.75) is 17.7 Å². The van der Waals surface area contributed by atoms with Gasteiger partial charge < -0.3 is 5.32 Å². The van der Waals surface area contributed by atoms with E-state index in [-0.39, 0.29) is 16.7 Å². The van der Waals surface area contributed by atoms with Gasteiger partial charge in [-0.15, -0.1) is 22.7 Å². The second-order valence-corrected chi connectivity index (χ2v) is 9.03. The van der Waals surface area contributed by atoms with Crippen molar-refractivity contribution >= 4 is 44.3 Å². The van der Waals surface area contributed by atoms with Crippen LogP contribution in [0.25, 0.3) is 11.3 Å². The van der Waals surface area contributed by atoms with Crippen LogP contribution < -0.4 is 10.0 Å². The van der Waals surface area contributed by atoms with E-state index in [4.69, 9.17) is 0 Å². The number of thiophene rings is 1. The third kappa shape index (κ3) is 4.51. The molecule has 25 heavy (non-hydrogen) atoms. The van der Waals surface area contributed by atoms with Crippen LogP contribution in [0.4, 0.5) is 5.69 Å². The fourth-order valence-electron chi connectivity index (χ4n) is 2.10. The quantitative estimate of drug-likeness (QED) is 0.672. The van der Waals surface area contributed by atoms with Gasteiger partial charge in [0, 0.05) is 23.6 Å². The largest absolute Gasteiger partial charge is 0.326 e. The highest BCUT2D eigenvalue weighted by Crippen LogP contribution is 2.24. The van der Waals surface area contributed by atoms with Crippen molar-refractivity contribution in [2.75, 3.05) is 5.32 Å². The number of hydrogen-bond acceptors (Lipinski definition) is 6. The van der Waals surface area contributed by atoms with Gasteiger partial charge in [-0.3, -0.25) is 4.79 Å². The highest BCUT2D eigenvalue weighted by atomic mass is 32.2. The number of benzene rings is 1. The molecule has 2 N–H and O–H groups in total. The molecule has 3 rings (SSSR count). The van der Waals surface area contributed by atoms with Crippen molar-refractivity contribution < 1.29 is 13.2 Å². The van der Waals surface area contributed by atoms with Gasteiger partial charge in [-0.1, -0.05) is 18.2 Å². The summed E-state index contributed by atoms with van der Waals surface area (Å²) in [4.78, 5) is 15.5. The highest BCUT2D eigenvalue weighted by Gasteiger charge is 2.15. The summed E-state index contributed by atoms with van der Waals surface area (Å²) in [5.41, 5.74) is 2.39. The minimum absolute atomic E-state index is 0.123. The molecule has 0 radical (unpaired) electrons. The third-order valence-electron chi connectivity index (χ3n) is 3.23. The Morgan fingerprint density at radius 2 is 1.92 bits per heavy atom. The van der Waals surface area contributed by atoms with Gasteiger partial charge >= 0.3 is 0 Å². The molecule has 0 aliphatic rings. The molecular formula is C16H15N3O3S3. The predicted octanol–water partition coefficient (Wildman–Crippen LogP) is 3.31. The molecule has 0 saturated carbocycles. The first-order chi connectivity index (χ1) is 11.9. The zero-order valence-corrected chi connectivity index (χ0v) is 15.7. The molecule has 9 heteroatoms. The number of rotatable bonds is 6. The molecule has 0 unspecified atom stereocenters. The van der Waals surface area contributed by atoms with Gasteiger partial charge in [0.15, 0.2) is 0 Å². The molecule has 0 spiro atoms. The first kappa shape index (κ1) is 17.7. The van der Waals surface area contributed by atoms with Gasteiger partial charge in [0.05, 0.1) is 12.2 Å². The molecule has 0 aliphatic heterocycles. The molecule has 130 valence electrons. The average Bonchev–Trinajstić information content (AvgIpc) is 3.25. The van der Waals surface area contributed by atoms with Crippen LogP contribution in [0, 0.1) is 0 Å². The predicted molar refractivity (Wildman–Crippen MR) is 100 cm³/mol. The Morgan fingerprint density at radius 1 is 1.16 bits per heavy atom. The Hall–Kier alpha value is -2.07. The minimum Gasteiger partial charge on any atom is -0.326 e. The third-order valence-corrected chi connectivity index (χ3v) is 6.87. The zero-order valence-electron chi connectivity index (χ0n) is 13.2. The van der Waals surface area contributed by atoms with Gasteiger partial charge in [-0.25, -0.2) is 18.1 Å². The summed E-state index contributed by atoms with van der Waals surface area (Å²) in [6, 6.07) is 10.6. The van der Waals surface area contributed by atoms with E-state index in [2.05, 4.69) is 15.0 Å². The summed E-state index contributed by atoms with van der Waals surface area (Å²) in [5.74, 6) is -0.123. The molecule has 0 atom stereocenters. The number of thiazole rings is 1. The molecule has 0 bridgehead atoms.